The minimum Gasteiger partial charge on any atom is -0.399 e. The number of nitrogens with two attached hydrogens (primary N) is 1. The van der Waals surface area contributed by atoms with Crippen molar-refractivity contribution in [1.29, 1.82) is 0 Å². The van der Waals surface area contributed by atoms with Crippen LogP contribution in [-0.2, 0) is 6.54 Å². The summed E-state index contributed by atoms with van der Waals surface area (Å²) in [5.41, 5.74) is 7.98. The van der Waals surface area contributed by atoms with Crippen LogP contribution in [0.5, 0.6) is 0 Å². The molecule has 2 nitrogen and oxygen atoms in total. The van der Waals surface area contributed by atoms with Crippen molar-refractivity contribution in [1.82, 2.24) is 4.90 Å². The SMILES string of the molecule is CC1CCN(Cc2cccc(N)c2)CC1. The van der Waals surface area contributed by atoms with Crippen LogP contribution in [0.15, 0.2) is 24.3 Å². The molecule has 0 bridgehead atoms. The van der Waals surface area contributed by atoms with Crippen LogP contribution in [0.2, 0.25) is 0 Å². The lowest BCUT2D eigenvalue weighted by Crippen LogP contribution is -2.32. The molecular weight excluding hydrogens is 184 g/mol. The second-order valence-electron chi connectivity index (χ2n) is 4.70. The zero-order valence-corrected chi connectivity index (χ0v) is 9.45. The Morgan fingerprint density at radius 1 is 1.33 bits per heavy atom. The van der Waals surface area contributed by atoms with Crippen LogP contribution in [0.4, 0.5) is 5.69 Å². The number of benzene rings is 1. The van der Waals surface area contributed by atoms with E-state index < -0.39 is 0 Å². The fraction of sp³-hybridized carbons (Fsp3) is 0.538. The molecule has 0 aliphatic carbocycles. The summed E-state index contributed by atoms with van der Waals surface area (Å²) in [5.74, 6) is 0.905. The number of nitrogen functional groups attached to an aromatic ring is 1. The van der Waals surface area contributed by atoms with Crippen molar-refractivity contribution in [2.24, 2.45) is 5.92 Å². The van der Waals surface area contributed by atoms with Crippen molar-refractivity contribution < 1.29 is 0 Å². The molecule has 0 unspecified atom stereocenters. The van der Waals surface area contributed by atoms with Gasteiger partial charge in [-0.05, 0) is 49.5 Å². The minimum atomic E-state index is 0.873. The Labute approximate surface area is 92.1 Å². The molecule has 0 saturated carbocycles. The van der Waals surface area contributed by atoms with Gasteiger partial charge in [-0.25, -0.2) is 0 Å². The predicted molar refractivity (Wildman–Crippen MR) is 64.5 cm³/mol. The lowest BCUT2D eigenvalue weighted by atomic mass is 9.99. The van der Waals surface area contributed by atoms with Crippen molar-refractivity contribution in [2.75, 3.05) is 18.8 Å². The van der Waals surface area contributed by atoms with Gasteiger partial charge in [-0.1, -0.05) is 19.1 Å². The fourth-order valence-corrected chi connectivity index (χ4v) is 2.17. The van der Waals surface area contributed by atoms with Gasteiger partial charge in [-0.3, -0.25) is 4.90 Å². The molecule has 1 aliphatic rings. The third-order valence-corrected chi connectivity index (χ3v) is 3.23. The average Bonchev–Trinajstić information content (AvgIpc) is 2.22. The number of nitrogens with zero attached hydrogens (tertiary/aromatic N) is 1. The number of piperidine rings is 1. The molecule has 1 saturated heterocycles. The summed E-state index contributed by atoms with van der Waals surface area (Å²) in [6.45, 7) is 5.86. The molecule has 2 rings (SSSR count). The zero-order chi connectivity index (χ0) is 10.7. The largest absolute Gasteiger partial charge is 0.399 e. The van der Waals surface area contributed by atoms with Crippen molar-refractivity contribution in [3.05, 3.63) is 29.8 Å². The van der Waals surface area contributed by atoms with E-state index in [-0.39, 0.29) is 0 Å². The van der Waals surface area contributed by atoms with Crippen molar-refractivity contribution >= 4 is 5.69 Å². The summed E-state index contributed by atoms with van der Waals surface area (Å²) in [7, 11) is 0. The number of anilines is 1. The van der Waals surface area contributed by atoms with Crippen molar-refractivity contribution in [3.63, 3.8) is 0 Å². The van der Waals surface area contributed by atoms with Gasteiger partial charge in [0.25, 0.3) is 0 Å². The summed E-state index contributed by atoms with van der Waals surface area (Å²) in [6.07, 6.45) is 2.67. The number of likely N-dealkylation sites (tertiary alicyclic amines) is 1. The second-order valence-corrected chi connectivity index (χ2v) is 4.70. The van der Waals surface area contributed by atoms with E-state index in [9.17, 15) is 0 Å². The normalized spacial score (nSPS) is 19.3. The van der Waals surface area contributed by atoms with Gasteiger partial charge >= 0.3 is 0 Å². The monoisotopic (exact) mass is 204 g/mol. The lowest BCUT2D eigenvalue weighted by Gasteiger charge is -2.30. The molecule has 1 fully saturated rings. The molecule has 0 aromatic heterocycles. The summed E-state index contributed by atoms with van der Waals surface area (Å²) >= 11 is 0. The zero-order valence-electron chi connectivity index (χ0n) is 9.45. The smallest absolute Gasteiger partial charge is 0.0317 e. The first-order valence-electron chi connectivity index (χ1n) is 5.81. The van der Waals surface area contributed by atoms with E-state index >= 15 is 0 Å². The van der Waals surface area contributed by atoms with Gasteiger partial charge in [0, 0.05) is 12.2 Å². The number of hydrogen-bond donors (Lipinski definition) is 1. The molecule has 1 aliphatic heterocycles. The second kappa shape index (κ2) is 4.67. The Hall–Kier alpha value is -1.02. The molecule has 0 atom stereocenters. The van der Waals surface area contributed by atoms with Gasteiger partial charge in [-0.15, -0.1) is 0 Å². The predicted octanol–water partition coefficient (Wildman–Crippen LogP) is 2.50. The summed E-state index contributed by atoms with van der Waals surface area (Å²) in [5, 5.41) is 0. The van der Waals surface area contributed by atoms with Gasteiger partial charge in [0.15, 0.2) is 0 Å². The number of hydrogen-bond acceptors (Lipinski definition) is 2. The highest BCUT2D eigenvalue weighted by Gasteiger charge is 2.15. The van der Waals surface area contributed by atoms with E-state index in [1.807, 2.05) is 12.1 Å². The molecule has 2 N–H and O–H groups in total. The first-order valence-corrected chi connectivity index (χ1v) is 5.81. The van der Waals surface area contributed by atoms with Crippen LogP contribution in [0.25, 0.3) is 0 Å². The van der Waals surface area contributed by atoms with Crippen LogP contribution >= 0.6 is 0 Å². The molecule has 1 heterocycles. The number of rotatable bonds is 2. The third kappa shape index (κ3) is 2.96. The molecule has 2 heteroatoms. The Bertz CT molecular complexity index is 314. The Morgan fingerprint density at radius 3 is 2.73 bits per heavy atom. The van der Waals surface area contributed by atoms with Crippen molar-refractivity contribution in [2.45, 2.75) is 26.3 Å². The van der Waals surface area contributed by atoms with Crippen LogP contribution in [-0.4, -0.2) is 18.0 Å². The Kier molecular flexibility index (Phi) is 3.27. The van der Waals surface area contributed by atoms with E-state index in [4.69, 9.17) is 5.73 Å². The maximum Gasteiger partial charge on any atom is 0.0317 e. The molecule has 0 amide bonds. The molecule has 0 radical (unpaired) electrons. The van der Waals surface area contributed by atoms with Crippen LogP contribution in [0.3, 0.4) is 0 Å². The van der Waals surface area contributed by atoms with Gasteiger partial charge in [0.1, 0.15) is 0 Å². The standard InChI is InChI=1S/C13H20N2/c1-11-5-7-15(8-6-11)10-12-3-2-4-13(14)9-12/h2-4,9,11H,5-8,10,14H2,1H3. The topological polar surface area (TPSA) is 29.3 Å². The highest BCUT2D eigenvalue weighted by atomic mass is 15.1. The van der Waals surface area contributed by atoms with Crippen LogP contribution in [0.1, 0.15) is 25.3 Å². The summed E-state index contributed by atoms with van der Waals surface area (Å²) in [4.78, 5) is 2.52. The molecule has 1 aromatic carbocycles. The molecular formula is C13H20N2. The van der Waals surface area contributed by atoms with Gasteiger partial charge in [0.05, 0.1) is 0 Å². The lowest BCUT2D eigenvalue weighted by molar-refractivity contribution is 0.185. The van der Waals surface area contributed by atoms with E-state index in [1.54, 1.807) is 0 Å². The van der Waals surface area contributed by atoms with Gasteiger partial charge in [-0.2, -0.15) is 0 Å². The first kappa shape index (κ1) is 10.5. The molecule has 1 aromatic rings. The first-order chi connectivity index (χ1) is 7.24. The van der Waals surface area contributed by atoms with Gasteiger partial charge < -0.3 is 5.73 Å². The Balaban J connectivity index is 1.92. The fourth-order valence-electron chi connectivity index (χ4n) is 2.17. The third-order valence-electron chi connectivity index (χ3n) is 3.23. The molecule has 15 heavy (non-hydrogen) atoms. The molecule has 82 valence electrons. The highest BCUT2D eigenvalue weighted by Crippen LogP contribution is 2.18. The average molecular weight is 204 g/mol. The Morgan fingerprint density at radius 2 is 2.07 bits per heavy atom. The van der Waals surface area contributed by atoms with E-state index in [1.165, 1.54) is 31.5 Å². The maximum atomic E-state index is 5.77. The van der Waals surface area contributed by atoms with Crippen molar-refractivity contribution in [3.8, 4) is 0 Å². The summed E-state index contributed by atoms with van der Waals surface area (Å²) < 4.78 is 0. The molecule has 0 spiro atoms. The van der Waals surface area contributed by atoms with E-state index in [0.717, 1.165) is 18.2 Å². The highest BCUT2D eigenvalue weighted by molar-refractivity contribution is 5.40. The summed E-state index contributed by atoms with van der Waals surface area (Å²) in [6, 6.07) is 8.23. The van der Waals surface area contributed by atoms with Gasteiger partial charge in [0.2, 0.25) is 0 Å². The van der Waals surface area contributed by atoms with E-state index in [0.29, 0.717) is 0 Å². The minimum absolute atomic E-state index is 0.873. The van der Waals surface area contributed by atoms with Crippen LogP contribution < -0.4 is 5.73 Å². The maximum absolute atomic E-state index is 5.77. The van der Waals surface area contributed by atoms with E-state index in [2.05, 4.69) is 24.0 Å². The quantitative estimate of drug-likeness (QED) is 0.750. The van der Waals surface area contributed by atoms with Crippen LogP contribution in [0, 0.1) is 5.92 Å².